The van der Waals surface area contributed by atoms with E-state index in [4.69, 9.17) is 0 Å². The zero-order chi connectivity index (χ0) is 15.7. The molecule has 114 valence electrons. The smallest absolute Gasteiger partial charge is 0.347 e. The van der Waals surface area contributed by atoms with E-state index in [1.54, 1.807) is 6.92 Å². The van der Waals surface area contributed by atoms with Crippen LogP contribution in [0.2, 0.25) is 0 Å². The van der Waals surface area contributed by atoms with Gasteiger partial charge in [-0.15, -0.1) is 0 Å². The highest BCUT2D eigenvalue weighted by molar-refractivity contribution is 5.22. The molecule has 3 N–H and O–H groups in total. The second-order valence-corrected chi connectivity index (χ2v) is 3.95. The van der Waals surface area contributed by atoms with Gasteiger partial charge in [0, 0.05) is 14.1 Å². The fourth-order valence-corrected chi connectivity index (χ4v) is 0.984. The molecule has 3 aromatic heterocycles. The molecule has 0 atom stereocenters. The number of H-pyrrole nitrogens is 3. The highest BCUT2D eigenvalue weighted by atomic mass is 16.5. The molecule has 11 heteroatoms. The van der Waals surface area contributed by atoms with E-state index in [1.807, 2.05) is 25.9 Å². The summed E-state index contributed by atoms with van der Waals surface area (Å²) in [5.41, 5.74) is 0. The van der Waals surface area contributed by atoms with E-state index in [1.165, 1.54) is 12.7 Å². The summed E-state index contributed by atoms with van der Waals surface area (Å²) < 4.78 is 4.10. The highest BCUT2D eigenvalue weighted by Gasteiger charge is 1.92. The third-order valence-electron chi connectivity index (χ3n) is 1.91. The Morgan fingerprint density at radius 3 is 1.90 bits per heavy atom. The maximum atomic E-state index is 10.0. The Balaban J connectivity index is 0.000000159. The SMILES string of the molecule is CN(C)c1ncn[nH]1.Cc1ncn[nH]1.Cc1noc(=O)[nH]1. The standard InChI is InChI=1S/C4H8N4.C3H5N3.C3H4N2O2/c1-8(2)4-5-3-6-7-4;1-3-4-2-5-6-3;1-2-4-3(6)7-5-2/h3H,1-2H3,(H,5,6,7);2H,1H3,(H,4,5,6);1H3,(H,4,5,6). The molecule has 0 aromatic carbocycles. The summed E-state index contributed by atoms with van der Waals surface area (Å²) in [7, 11) is 3.81. The summed E-state index contributed by atoms with van der Waals surface area (Å²) in [6, 6.07) is 0. The molecule has 0 aliphatic carbocycles. The lowest BCUT2D eigenvalue weighted by Gasteiger charge is -2.03. The largest absolute Gasteiger partial charge is 0.438 e. The van der Waals surface area contributed by atoms with Gasteiger partial charge in [-0.3, -0.25) is 14.6 Å². The van der Waals surface area contributed by atoms with Gasteiger partial charge in [0.25, 0.3) is 0 Å². The van der Waals surface area contributed by atoms with E-state index in [9.17, 15) is 4.79 Å². The van der Waals surface area contributed by atoms with Gasteiger partial charge in [0.2, 0.25) is 5.95 Å². The number of aromatic amines is 3. The minimum absolute atomic E-state index is 0.502. The Hall–Kier alpha value is -2.98. The molecule has 0 unspecified atom stereocenters. The predicted molar refractivity (Wildman–Crippen MR) is 73.7 cm³/mol. The Labute approximate surface area is 119 Å². The molecule has 0 spiro atoms. The van der Waals surface area contributed by atoms with Crippen LogP contribution in [0.5, 0.6) is 0 Å². The van der Waals surface area contributed by atoms with Crippen molar-refractivity contribution in [3.05, 3.63) is 34.9 Å². The van der Waals surface area contributed by atoms with Gasteiger partial charge in [-0.25, -0.2) is 14.9 Å². The van der Waals surface area contributed by atoms with Crippen molar-refractivity contribution in [2.45, 2.75) is 13.8 Å². The number of nitrogens with one attached hydrogen (secondary N) is 3. The first-order valence-electron chi connectivity index (χ1n) is 5.86. The molecular formula is C10H17N9O2. The normalized spacial score (nSPS) is 9.14. The minimum Gasteiger partial charge on any atom is -0.347 e. The van der Waals surface area contributed by atoms with Crippen LogP contribution in [0.4, 0.5) is 5.95 Å². The van der Waals surface area contributed by atoms with E-state index in [2.05, 4.69) is 45.0 Å². The Bertz CT molecular complexity index is 638. The average Bonchev–Trinajstić information content (AvgIpc) is 3.14. The van der Waals surface area contributed by atoms with Crippen LogP contribution in [-0.4, -0.2) is 54.6 Å². The molecular weight excluding hydrogens is 278 g/mol. The zero-order valence-corrected chi connectivity index (χ0v) is 12.2. The van der Waals surface area contributed by atoms with E-state index in [-0.39, 0.29) is 0 Å². The van der Waals surface area contributed by atoms with Crippen molar-refractivity contribution < 1.29 is 4.52 Å². The van der Waals surface area contributed by atoms with Crippen molar-refractivity contribution in [2.24, 2.45) is 0 Å². The maximum absolute atomic E-state index is 10.0. The van der Waals surface area contributed by atoms with E-state index < -0.39 is 5.76 Å². The number of aromatic nitrogens is 8. The predicted octanol–water partition coefficient (Wildman–Crippen LogP) is -0.345. The fraction of sp³-hybridized carbons (Fsp3) is 0.400. The molecule has 11 nitrogen and oxygen atoms in total. The molecule has 0 fully saturated rings. The van der Waals surface area contributed by atoms with Gasteiger partial charge in [0.1, 0.15) is 24.3 Å². The zero-order valence-electron chi connectivity index (χ0n) is 12.2. The fourth-order valence-electron chi connectivity index (χ4n) is 0.984. The molecule has 0 aliphatic rings. The van der Waals surface area contributed by atoms with E-state index in [0.717, 1.165) is 11.8 Å². The van der Waals surface area contributed by atoms with Gasteiger partial charge in [0.15, 0.2) is 0 Å². The lowest BCUT2D eigenvalue weighted by atomic mass is 10.8. The van der Waals surface area contributed by atoms with E-state index >= 15 is 0 Å². The van der Waals surface area contributed by atoms with Gasteiger partial charge in [-0.05, 0) is 13.8 Å². The lowest BCUT2D eigenvalue weighted by Crippen LogP contribution is -2.09. The number of anilines is 1. The van der Waals surface area contributed by atoms with Crippen LogP contribution in [0.3, 0.4) is 0 Å². The third kappa shape index (κ3) is 6.66. The molecule has 0 saturated heterocycles. The molecule has 21 heavy (non-hydrogen) atoms. The second kappa shape index (κ2) is 8.24. The molecule has 3 heterocycles. The van der Waals surface area contributed by atoms with Crippen LogP contribution in [0.25, 0.3) is 0 Å². The Kier molecular flexibility index (Phi) is 6.31. The molecule has 0 aliphatic heterocycles. The van der Waals surface area contributed by atoms with Crippen molar-refractivity contribution in [2.75, 3.05) is 19.0 Å². The monoisotopic (exact) mass is 295 g/mol. The third-order valence-corrected chi connectivity index (χ3v) is 1.91. The first-order valence-corrected chi connectivity index (χ1v) is 5.86. The van der Waals surface area contributed by atoms with Crippen molar-refractivity contribution in [3.8, 4) is 0 Å². The summed E-state index contributed by atoms with van der Waals surface area (Å²) in [5.74, 6) is 1.64. The summed E-state index contributed by atoms with van der Waals surface area (Å²) in [6.07, 6.45) is 2.96. The van der Waals surface area contributed by atoms with Crippen LogP contribution in [0.15, 0.2) is 22.0 Å². The van der Waals surface area contributed by atoms with Crippen molar-refractivity contribution >= 4 is 5.95 Å². The summed E-state index contributed by atoms with van der Waals surface area (Å²) in [6.45, 7) is 3.50. The van der Waals surface area contributed by atoms with Gasteiger partial charge in [-0.1, -0.05) is 5.16 Å². The molecule has 0 radical (unpaired) electrons. The molecule has 0 amide bonds. The van der Waals surface area contributed by atoms with Crippen LogP contribution < -0.4 is 10.7 Å². The van der Waals surface area contributed by atoms with Crippen LogP contribution >= 0.6 is 0 Å². The number of hydrogen-bond acceptors (Lipinski definition) is 8. The van der Waals surface area contributed by atoms with Gasteiger partial charge < -0.3 is 4.90 Å². The lowest BCUT2D eigenvalue weighted by molar-refractivity contribution is 0.383. The van der Waals surface area contributed by atoms with Gasteiger partial charge >= 0.3 is 5.76 Å². The van der Waals surface area contributed by atoms with Crippen LogP contribution in [0, 0.1) is 13.8 Å². The summed E-state index contributed by atoms with van der Waals surface area (Å²) in [4.78, 5) is 21.8. The quantitative estimate of drug-likeness (QED) is 0.552. The highest BCUT2D eigenvalue weighted by Crippen LogP contribution is 1.94. The Morgan fingerprint density at radius 2 is 1.71 bits per heavy atom. The molecule has 0 saturated carbocycles. The van der Waals surface area contributed by atoms with E-state index in [0.29, 0.717) is 5.82 Å². The molecule has 0 bridgehead atoms. The van der Waals surface area contributed by atoms with Crippen molar-refractivity contribution in [1.29, 1.82) is 0 Å². The van der Waals surface area contributed by atoms with Gasteiger partial charge in [0.05, 0.1) is 0 Å². The summed E-state index contributed by atoms with van der Waals surface area (Å²) >= 11 is 0. The van der Waals surface area contributed by atoms with Crippen LogP contribution in [0.1, 0.15) is 11.6 Å². The first kappa shape index (κ1) is 16.1. The Morgan fingerprint density at radius 1 is 1.05 bits per heavy atom. The molecule has 3 aromatic rings. The average molecular weight is 295 g/mol. The van der Waals surface area contributed by atoms with Gasteiger partial charge in [-0.2, -0.15) is 15.2 Å². The van der Waals surface area contributed by atoms with Crippen molar-refractivity contribution in [3.63, 3.8) is 0 Å². The topological polar surface area (TPSA) is 145 Å². The molecule has 3 rings (SSSR count). The number of aryl methyl sites for hydroxylation is 2. The summed E-state index contributed by atoms with van der Waals surface area (Å²) in [5, 5.41) is 15.9. The number of nitrogens with zero attached hydrogens (tertiary/aromatic N) is 6. The maximum Gasteiger partial charge on any atom is 0.438 e. The number of rotatable bonds is 1. The minimum atomic E-state index is -0.502. The van der Waals surface area contributed by atoms with Crippen LogP contribution in [-0.2, 0) is 0 Å². The number of hydrogen-bond donors (Lipinski definition) is 3. The second-order valence-electron chi connectivity index (χ2n) is 3.95. The van der Waals surface area contributed by atoms with Crippen molar-refractivity contribution in [1.82, 2.24) is 40.5 Å². The first-order chi connectivity index (χ1) is 9.99.